The normalized spacial score (nSPS) is 13.1. The van der Waals surface area contributed by atoms with Crippen LogP contribution in [0.1, 0.15) is 41.0 Å². The van der Waals surface area contributed by atoms with Crippen LogP contribution in [0, 0.1) is 5.92 Å². The van der Waals surface area contributed by atoms with E-state index in [0.29, 0.717) is 5.92 Å². The van der Waals surface area contributed by atoms with Gasteiger partial charge in [0.25, 0.3) is 0 Å². The van der Waals surface area contributed by atoms with E-state index in [0.717, 1.165) is 26.2 Å². The molecule has 0 aromatic carbocycles. The van der Waals surface area contributed by atoms with Crippen LogP contribution in [-0.2, 0) is 9.53 Å². The molecule has 0 aliphatic heterocycles. The molecule has 2 N–H and O–H groups in total. The third-order valence-corrected chi connectivity index (χ3v) is 2.19. The van der Waals surface area contributed by atoms with Crippen molar-refractivity contribution < 1.29 is 9.53 Å². The van der Waals surface area contributed by atoms with E-state index in [4.69, 9.17) is 4.74 Å². The minimum absolute atomic E-state index is 0.0584. The van der Waals surface area contributed by atoms with Crippen LogP contribution in [0.4, 0.5) is 0 Å². The maximum absolute atomic E-state index is 11.6. The van der Waals surface area contributed by atoms with Gasteiger partial charge in [0.15, 0.2) is 0 Å². The SMILES string of the molecule is CC(C)COCCCNC(C)C(=O)NC(C)C. The lowest BCUT2D eigenvalue weighted by Gasteiger charge is -2.16. The number of carbonyl (C=O) groups excluding carboxylic acids is 1. The number of carbonyl (C=O) groups is 1. The second kappa shape index (κ2) is 9.42. The topological polar surface area (TPSA) is 50.4 Å². The van der Waals surface area contributed by atoms with E-state index < -0.39 is 0 Å². The molecule has 4 nitrogen and oxygen atoms in total. The monoisotopic (exact) mass is 244 g/mol. The largest absolute Gasteiger partial charge is 0.381 e. The molecule has 0 radical (unpaired) electrons. The highest BCUT2D eigenvalue weighted by Crippen LogP contribution is 1.93. The van der Waals surface area contributed by atoms with Gasteiger partial charge in [-0.2, -0.15) is 0 Å². The van der Waals surface area contributed by atoms with Crippen molar-refractivity contribution in [3.63, 3.8) is 0 Å². The number of rotatable bonds is 9. The zero-order valence-corrected chi connectivity index (χ0v) is 11.9. The molecular weight excluding hydrogens is 216 g/mol. The fraction of sp³-hybridized carbons (Fsp3) is 0.923. The molecule has 0 saturated carbocycles. The summed E-state index contributed by atoms with van der Waals surface area (Å²) >= 11 is 0. The van der Waals surface area contributed by atoms with E-state index in [9.17, 15) is 4.79 Å². The zero-order chi connectivity index (χ0) is 13.3. The third kappa shape index (κ3) is 10.3. The Kier molecular flexibility index (Phi) is 9.09. The van der Waals surface area contributed by atoms with E-state index in [1.165, 1.54) is 0 Å². The first-order chi connectivity index (χ1) is 7.93. The lowest BCUT2D eigenvalue weighted by Crippen LogP contribution is -2.45. The number of hydrogen-bond acceptors (Lipinski definition) is 3. The standard InChI is InChI=1S/C13H28N2O2/c1-10(2)9-17-8-6-7-14-12(5)13(16)15-11(3)4/h10-12,14H,6-9H2,1-5H3,(H,15,16). The van der Waals surface area contributed by atoms with Crippen LogP contribution in [0.15, 0.2) is 0 Å². The Balaban J connectivity index is 3.44. The van der Waals surface area contributed by atoms with Gasteiger partial charge in [-0.15, -0.1) is 0 Å². The molecule has 0 heterocycles. The highest BCUT2D eigenvalue weighted by atomic mass is 16.5. The summed E-state index contributed by atoms with van der Waals surface area (Å²) in [5.41, 5.74) is 0. The summed E-state index contributed by atoms with van der Waals surface area (Å²) in [6.07, 6.45) is 0.937. The van der Waals surface area contributed by atoms with Crippen LogP contribution in [0.3, 0.4) is 0 Å². The predicted molar refractivity (Wildman–Crippen MR) is 71.0 cm³/mol. The number of ether oxygens (including phenoxy) is 1. The van der Waals surface area contributed by atoms with Gasteiger partial charge in [-0.25, -0.2) is 0 Å². The van der Waals surface area contributed by atoms with Crippen molar-refractivity contribution in [3.05, 3.63) is 0 Å². The summed E-state index contributed by atoms with van der Waals surface area (Å²) in [4.78, 5) is 11.6. The first kappa shape index (κ1) is 16.4. The second-order valence-corrected chi connectivity index (χ2v) is 5.16. The van der Waals surface area contributed by atoms with Crippen LogP contribution in [0.5, 0.6) is 0 Å². The fourth-order valence-corrected chi connectivity index (χ4v) is 1.31. The molecule has 0 rings (SSSR count). The Morgan fingerprint density at radius 3 is 2.35 bits per heavy atom. The Labute approximate surface area is 105 Å². The predicted octanol–water partition coefficient (Wildman–Crippen LogP) is 1.55. The fourth-order valence-electron chi connectivity index (χ4n) is 1.31. The zero-order valence-electron chi connectivity index (χ0n) is 11.9. The average molecular weight is 244 g/mol. The van der Waals surface area contributed by atoms with Gasteiger partial charge in [-0.3, -0.25) is 4.79 Å². The minimum Gasteiger partial charge on any atom is -0.381 e. The molecule has 0 bridgehead atoms. The van der Waals surface area contributed by atoms with Gasteiger partial charge in [-0.05, 0) is 39.7 Å². The molecule has 17 heavy (non-hydrogen) atoms. The lowest BCUT2D eigenvalue weighted by molar-refractivity contribution is -0.123. The van der Waals surface area contributed by atoms with Crippen LogP contribution >= 0.6 is 0 Å². The molecule has 0 aromatic heterocycles. The van der Waals surface area contributed by atoms with Crippen molar-refractivity contribution in [2.75, 3.05) is 19.8 Å². The molecule has 102 valence electrons. The average Bonchev–Trinajstić information content (AvgIpc) is 2.21. The Morgan fingerprint density at radius 1 is 1.18 bits per heavy atom. The summed E-state index contributed by atoms with van der Waals surface area (Å²) in [6, 6.07) is 0.0589. The quantitative estimate of drug-likeness (QED) is 0.605. The van der Waals surface area contributed by atoms with E-state index in [-0.39, 0.29) is 18.0 Å². The van der Waals surface area contributed by atoms with Gasteiger partial charge in [0.1, 0.15) is 0 Å². The summed E-state index contributed by atoms with van der Waals surface area (Å²) in [6.45, 7) is 12.5. The maximum atomic E-state index is 11.6. The number of nitrogens with one attached hydrogen (secondary N) is 2. The summed E-state index contributed by atoms with van der Waals surface area (Å²) in [7, 11) is 0. The van der Waals surface area contributed by atoms with E-state index in [1.807, 2.05) is 20.8 Å². The Morgan fingerprint density at radius 2 is 1.82 bits per heavy atom. The minimum atomic E-state index is -0.137. The maximum Gasteiger partial charge on any atom is 0.237 e. The van der Waals surface area contributed by atoms with Crippen molar-refractivity contribution in [3.8, 4) is 0 Å². The van der Waals surface area contributed by atoms with Crippen LogP contribution in [0.25, 0.3) is 0 Å². The lowest BCUT2D eigenvalue weighted by atomic mass is 10.2. The van der Waals surface area contributed by atoms with E-state index in [1.54, 1.807) is 0 Å². The molecule has 0 aromatic rings. The van der Waals surface area contributed by atoms with Gasteiger partial charge in [0.05, 0.1) is 6.04 Å². The highest BCUT2D eigenvalue weighted by molar-refractivity contribution is 5.81. The molecule has 0 spiro atoms. The molecule has 1 atom stereocenters. The molecule has 1 unspecified atom stereocenters. The van der Waals surface area contributed by atoms with Gasteiger partial charge < -0.3 is 15.4 Å². The van der Waals surface area contributed by atoms with Crippen LogP contribution in [-0.4, -0.2) is 37.7 Å². The molecular formula is C13H28N2O2. The highest BCUT2D eigenvalue weighted by Gasteiger charge is 2.11. The Bertz CT molecular complexity index is 206. The third-order valence-electron chi connectivity index (χ3n) is 2.19. The molecule has 0 saturated heterocycles. The van der Waals surface area contributed by atoms with Crippen molar-refractivity contribution in [2.24, 2.45) is 5.92 Å². The van der Waals surface area contributed by atoms with Gasteiger partial charge >= 0.3 is 0 Å². The van der Waals surface area contributed by atoms with Crippen molar-refractivity contribution in [1.29, 1.82) is 0 Å². The van der Waals surface area contributed by atoms with Crippen LogP contribution < -0.4 is 10.6 Å². The first-order valence-electron chi connectivity index (χ1n) is 6.55. The summed E-state index contributed by atoms with van der Waals surface area (Å²) in [5.74, 6) is 0.641. The van der Waals surface area contributed by atoms with Crippen molar-refractivity contribution >= 4 is 5.91 Å². The van der Waals surface area contributed by atoms with E-state index in [2.05, 4.69) is 24.5 Å². The molecule has 1 amide bonds. The summed E-state index contributed by atoms with van der Waals surface area (Å²) < 4.78 is 5.46. The smallest absolute Gasteiger partial charge is 0.237 e. The van der Waals surface area contributed by atoms with Crippen molar-refractivity contribution in [1.82, 2.24) is 10.6 Å². The Hall–Kier alpha value is -0.610. The molecule has 0 aliphatic carbocycles. The van der Waals surface area contributed by atoms with Crippen molar-refractivity contribution in [2.45, 2.75) is 53.1 Å². The number of hydrogen-bond donors (Lipinski definition) is 2. The molecule has 0 aliphatic rings. The number of amides is 1. The first-order valence-corrected chi connectivity index (χ1v) is 6.55. The van der Waals surface area contributed by atoms with Gasteiger partial charge in [0, 0.05) is 19.3 Å². The van der Waals surface area contributed by atoms with Gasteiger partial charge in [-0.1, -0.05) is 13.8 Å². The molecule has 4 heteroatoms. The molecule has 0 fully saturated rings. The second-order valence-electron chi connectivity index (χ2n) is 5.16. The van der Waals surface area contributed by atoms with Gasteiger partial charge in [0.2, 0.25) is 5.91 Å². The van der Waals surface area contributed by atoms with Crippen LogP contribution in [0.2, 0.25) is 0 Å². The van der Waals surface area contributed by atoms with E-state index >= 15 is 0 Å². The summed E-state index contributed by atoms with van der Waals surface area (Å²) in [5, 5.41) is 6.06.